The number of hydrogen-bond acceptors (Lipinski definition) is 2. The van der Waals surface area contributed by atoms with Gasteiger partial charge in [0.2, 0.25) is 0 Å². The lowest BCUT2D eigenvalue weighted by Crippen LogP contribution is -2.28. The maximum Gasteiger partial charge on any atom is 0.407 e. The molecule has 1 aromatic heterocycles. The molecule has 2 N–H and O–H groups in total. The molecule has 1 heterocycles. The van der Waals surface area contributed by atoms with E-state index in [4.69, 9.17) is 5.73 Å². The molecule has 0 saturated carbocycles. The van der Waals surface area contributed by atoms with E-state index in [2.05, 4.69) is 5.10 Å². The van der Waals surface area contributed by atoms with Gasteiger partial charge in [-0.25, -0.2) is 0 Å². The highest BCUT2D eigenvalue weighted by molar-refractivity contribution is 5.20. The van der Waals surface area contributed by atoms with Crippen LogP contribution in [0.3, 0.4) is 0 Å². The number of nitrogens with zero attached hydrogens (tertiary/aromatic N) is 2. The van der Waals surface area contributed by atoms with E-state index >= 15 is 0 Å². The predicted octanol–water partition coefficient (Wildman–Crippen LogP) is 1.29. The molecule has 74 valence electrons. The second kappa shape index (κ2) is 3.02. The summed E-state index contributed by atoms with van der Waals surface area (Å²) in [7, 11) is 1.56. The highest BCUT2D eigenvalue weighted by atomic mass is 19.4. The smallest absolute Gasteiger partial charge is 0.316 e. The summed E-state index contributed by atoms with van der Waals surface area (Å²) in [5, 5.41) is 3.78. The van der Waals surface area contributed by atoms with Gasteiger partial charge in [0.05, 0.1) is 5.69 Å². The number of aryl methyl sites for hydroxylation is 2. The molecular weight excluding hydrogens is 183 g/mol. The van der Waals surface area contributed by atoms with Crippen molar-refractivity contribution in [3.63, 3.8) is 0 Å². The lowest BCUT2D eigenvalue weighted by atomic mass is 10.1. The Bertz CT molecular complexity index is 302. The number of rotatable bonds is 1. The van der Waals surface area contributed by atoms with Crippen LogP contribution in [0.2, 0.25) is 0 Å². The zero-order valence-electron chi connectivity index (χ0n) is 7.26. The Labute approximate surface area is 73.3 Å². The van der Waals surface area contributed by atoms with Crippen LogP contribution in [0.4, 0.5) is 13.2 Å². The van der Waals surface area contributed by atoms with Gasteiger partial charge in [-0.2, -0.15) is 18.3 Å². The molecule has 0 aliphatic heterocycles. The number of halogens is 3. The summed E-state index contributed by atoms with van der Waals surface area (Å²) >= 11 is 0. The van der Waals surface area contributed by atoms with E-state index in [-0.39, 0.29) is 5.56 Å². The maximum atomic E-state index is 12.2. The van der Waals surface area contributed by atoms with Crippen molar-refractivity contribution in [3.05, 3.63) is 17.5 Å². The third-order valence-corrected chi connectivity index (χ3v) is 1.74. The van der Waals surface area contributed by atoms with Crippen LogP contribution < -0.4 is 5.73 Å². The maximum absolute atomic E-state index is 12.2. The molecule has 0 amide bonds. The zero-order valence-corrected chi connectivity index (χ0v) is 7.26. The fraction of sp³-hybridized carbons (Fsp3) is 0.571. The van der Waals surface area contributed by atoms with Crippen LogP contribution in [-0.2, 0) is 7.05 Å². The summed E-state index contributed by atoms with van der Waals surface area (Å²) in [5.41, 5.74) is 5.34. The third-order valence-electron chi connectivity index (χ3n) is 1.74. The van der Waals surface area contributed by atoms with Gasteiger partial charge < -0.3 is 5.73 Å². The quantitative estimate of drug-likeness (QED) is 0.730. The lowest BCUT2D eigenvalue weighted by Gasteiger charge is -2.14. The van der Waals surface area contributed by atoms with E-state index in [1.54, 1.807) is 7.05 Å². The first-order chi connectivity index (χ1) is 5.82. The van der Waals surface area contributed by atoms with E-state index in [1.807, 2.05) is 0 Å². The molecule has 1 rings (SSSR count). The third kappa shape index (κ3) is 2.00. The van der Waals surface area contributed by atoms with Crippen LogP contribution in [0, 0.1) is 6.92 Å². The summed E-state index contributed by atoms with van der Waals surface area (Å²) in [6.45, 7) is 1.50. The molecule has 6 heteroatoms. The van der Waals surface area contributed by atoms with Gasteiger partial charge in [0.25, 0.3) is 0 Å². The SMILES string of the molecule is Cc1nn(C)cc1[C@H](N)C(F)(F)F. The van der Waals surface area contributed by atoms with Gasteiger partial charge in [0, 0.05) is 18.8 Å². The van der Waals surface area contributed by atoms with Crippen LogP contribution in [0.1, 0.15) is 17.3 Å². The van der Waals surface area contributed by atoms with Crippen LogP contribution >= 0.6 is 0 Å². The van der Waals surface area contributed by atoms with E-state index in [9.17, 15) is 13.2 Å². The Balaban J connectivity index is 3.01. The molecular formula is C7H10F3N3. The van der Waals surface area contributed by atoms with Crippen molar-refractivity contribution in [2.45, 2.75) is 19.1 Å². The number of alkyl halides is 3. The van der Waals surface area contributed by atoms with E-state index < -0.39 is 12.2 Å². The highest BCUT2D eigenvalue weighted by Gasteiger charge is 2.39. The summed E-state index contributed by atoms with van der Waals surface area (Å²) in [5.74, 6) is 0. The minimum atomic E-state index is -4.41. The molecule has 1 atom stereocenters. The normalized spacial score (nSPS) is 14.6. The largest absolute Gasteiger partial charge is 0.407 e. The number of hydrogen-bond donors (Lipinski definition) is 1. The van der Waals surface area contributed by atoms with Crippen molar-refractivity contribution < 1.29 is 13.2 Å². The van der Waals surface area contributed by atoms with Crippen molar-refractivity contribution in [1.29, 1.82) is 0 Å². The van der Waals surface area contributed by atoms with Gasteiger partial charge in [-0.1, -0.05) is 0 Å². The first kappa shape index (κ1) is 10.0. The van der Waals surface area contributed by atoms with Crippen molar-refractivity contribution in [2.24, 2.45) is 12.8 Å². The first-order valence-electron chi connectivity index (χ1n) is 3.65. The molecule has 3 nitrogen and oxygen atoms in total. The molecule has 0 bridgehead atoms. The predicted molar refractivity (Wildman–Crippen MR) is 40.9 cm³/mol. The molecule has 0 aliphatic rings. The summed E-state index contributed by atoms with van der Waals surface area (Å²) < 4.78 is 37.8. The summed E-state index contributed by atoms with van der Waals surface area (Å²) in [6, 6.07) is -1.94. The van der Waals surface area contributed by atoms with Gasteiger partial charge in [-0.05, 0) is 6.92 Å². The monoisotopic (exact) mass is 193 g/mol. The summed E-state index contributed by atoms with van der Waals surface area (Å²) in [4.78, 5) is 0. The molecule has 0 aromatic carbocycles. The fourth-order valence-corrected chi connectivity index (χ4v) is 1.10. The minimum absolute atomic E-state index is 0.0231. The van der Waals surface area contributed by atoms with Gasteiger partial charge in [-0.15, -0.1) is 0 Å². The Hall–Kier alpha value is -1.04. The van der Waals surface area contributed by atoms with E-state index in [0.717, 1.165) is 0 Å². The summed E-state index contributed by atoms with van der Waals surface area (Å²) in [6.07, 6.45) is -3.12. The molecule has 0 saturated heterocycles. The Kier molecular flexibility index (Phi) is 2.34. The van der Waals surface area contributed by atoms with Crippen molar-refractivity contribution in [1.82, 2.24) is 9.78 Å². The minimum Gasteiger partial charge on any atom is -0.316 e. The van der Waals surface area contributed by atoms with Crippen LogP contribution in [0.15, 0.2) is 6.20 Å². The standard InChI is InChI=1S/C7H10F3N3/c1-4-5(3-13(2)12-4)6(11)7(8,9)10/h3,6H,11H2,1-2H3/t6-/m0/s1. The van der Waals surface area contributed by atoms with Crippen molar-refractivity contribution >= 4 is 0 Å². The Morgan fingerprint density at radius 3 is 2.38 bits per heavy atom. The molecule has 0 radical (unpaired) electrons. The Morgan fingerprint density at radius 1 is 1.54 bits per heavy atom. The molecule has 13 heavy (non-hydrogen) atoms. The molecule has 1 aromatic rings. The fourth-order valence-electron chi connectivity index (χ4n) is 1.10. The highest BCUT2D eigenvalue weighted by Crippen LogP contribution is 2.31. The molecule has 0 unspecified atom stereocenters. The van der Waals surface area contributed by atoms with Gasteiger partial charge in [0.15, 0.2) is 0 Å². The van der Waals surface area contributed by atoms with E-state index in [1.165, 1.54) is 17.8 Å². The first-order valence-corrected chi connectivity index (χ1v) is 3.65. The van der Waals surface area contributed by atoms with Crippen LogP contribution in [-0.4, -0.2) is 16.0 Å². The van der Waals surface area contributed by atoms with Crippen LogP contribution in [0.25, 0.3) is 0 Å². The topological polar surface area (TPSA) is 43.8 Å². The average molecular weight is 193 g/mol. The lowest BCUT2D eigenvalue weighted by molar-refractivity contribution is -0.149. The molecule has 0 fully saturated rings. The van der Waals surface area contributed by atoms with Crippen LogP contribution in [0.5, 0.6) is 0 Å². The second-order valence-corrected chi connectivity index (χ2v) is 2.86. The molecule has 0 spiro atoms. The average Bonchev–Trinajstić information content (AvgIpc) is 2.26. The van der Waals surface area contributed by atoms with Gasteiger partial charge in [-0.3, -0.25) is 4.68 Å². The number of nitrogens with two attached hydrogens (primary N) is 1. The zero-order chi connectivity index (χ0) is 10.2. The number of aromatic nitrogens is 2. The second-order valence-electron chi connectivity index (χ2n) is 2.86. The van der Waals surface area contributed by atoms with Crippen molar-refractivity contribution in [2.75, 3.05) is 0 Å². The van der Waals surface area contributed by atoms with Gasteiger partial charge in [0.1, 0.15) is 6.04 Å². The Morgan fingerprint density at radius 2 is 2.08 bits per heavy atom. The van der Waals surface area contributed by atoms with Crippen molar-refractivity contribution in [3.8, 4) is 0 Å². The van der Waals surface area contributed by atoms with E-state index in [0.29, 0.717) is 5.69 Å². The van der Waals surface area contributed by atoms with Gasteiger partial charge >= 0.3 is 6.18 Å². The molecule has 0 aliphatic carbocycles.